The summed E-state index contributed by atoms with van der Waals surface area (Å²) in [5, 5.41) is 7.79. The van der Waals surface area contributed by atoms with E-state index in [2.05, 4.69) is 53.6 Å². The van der Waals surface area contributed by atoms with Gasteiger partial charge < -0.3 is 15.6 Å². The molecule has 2 saturated heterocycles. The van der Waals surface area contributed by atoms with Gasteiger partial charge in [0, 0.05) is 60.4 Å². The number of rotatable bonds is 6. The Kier molecular flexibility index (Phi) is 6.52. The van der Waals surface area contributed by atoms with Gasteiger partial charge in [-0.3, -0.25) is 20.2 Å². The Balaban J connectivity index is 1.09. The minimum atomic E-state index is -0.0513. The zero-order valence-electron chi connectivity index (χ0n) is 21.8. The number of nitrogens with one attached hydrogen (secondary N) is 5. The SMILES string of the molecule is O=C(Cc1ccccc1)Nc1cncc(C2CC3C(CN2)NNC3c2cc3c(-c4ccncc4)ccnc3[nH]2)c1. The van der Waals surface area contributed by atoms with Gasteiger partial charge in [0.25, 0.3) is 0 Å². The average Bonchev–Trinajstić information content (AvgIpc) is 3.62. The number of amides is 1. The molecule has 9 heteroatoms. The normalized spacial score (nSPS) is 22.2. The lowest BCUT2D eigenvalue weighted by Gasteiger charge is -2.34. The molecule has 40 heavy (non-hydrogen) atoms. The van der Waals surface area contributed by atoms with Crippen LogP contribution in [-0.2, 0) is 11.2 Å². The van der Waals surface area contributed by atoms with Gasteiger partial charge >= 0.3 is 0 Å². The standard InChI is InChI=1S/C31H30N8O/c40-29(12-19-4-2-1-3-5-19)36-22-13-21(16-33-17-22)26-15-25-28(18-35-26)38-39-30(25)27-14-24-23(8-11-34-31(24)37-27)20-6-9-32-10-7-20/h1-11,13-14,16-17,25-26,28,30,35,38-39H,12,15,18H2,(H,34,37)(H,36,40). The number of hydrogen-bond acceptors (Lipinski definition) is 7. The van der Waals surface area contributed by atoms with Crippen molar-refractivity contribution in [3.63, 3.8) is 0 Å². The molecule has 7 rings (SSSR count). The van der Waals surface area contributed by atoms with Gasteiger partial charge in [-0.2, -0.15) is 0 Å². The van der Waals surface area contributed by atoms with Crippen LogP contribution in [0.5, 0.6) is 0 Å². The van der Waals surface area contributed by atoms with Crippen LogP contribution in [0.4, 0.5) is 5.69 Å². The molecule has 0 radical (unpaired) electrons. The van der Waals surface area contributed by atoms with Crippen molar-refractivity contribution in [1.82, 2.24) is 36.1 Å². The summed E-state index contributed by atoms with van der Waals surface area (Å²) in [6.07, 6.45) is 10.3. The lowest BCUT2D eigenvalue weighted by Crippen LogP contribution is -2.46. The van der Waals surface area contributed by atoms with Gasteiger partial charge in [-0.25, -0.2) is 10.4 Å². The number of H-pyrrole nitrogens is 1. The van der Waals surface area contributed by atoms with E-state index in [4.69, 9.17) is 0 Å². The van der Waals surface area contributed by atoms with Crippen LogP contribution in [-0.4, -0.2) is 38.4 Å². The predicted octanol–water partition coefficient (Wildman–Crippen LogP) is 4.07. The fourth-order valence-corrected chi connectivity index (χ4v) is 6.03. The first-order valence-corrected chi connectivity index (χ1v) is 13.6. The molecule has 1 amide bonds. The third-order valence-electron chi connectivity index (χ3n) is 7.99. The molecule has 200 valence electrons. The van der Waals surface area contributed by atoms with Crippen molar-refractivity contribution in [3.8, 4) is 11.1 Å². The molecule has 0 spiro atoms. The van der Waals surface area contributed by atoms with Crippen LogP contribution in [0.25, 0.3) is 22.2 Å². The fourth-order valence-electron chi connectivity index (χ4n) is 6.03. The molecule has 4 unspecified atom stereocenters. The number of hydrazine groups is 1. The van der Waals surface area contributed by atoms with E-state index < -0.39 is 0 Å². The summed E-state index contributed by atoms with van der Waals surface area (Å²) in [6.45, 7) is 0.824. The summed E-state index contributed by atoms with van der Waals surface area (Å²) in [5.41, 5.74) is 14.0. The number of anilines is 1. The molecule has 4 aromatic heterocycles. The molecule has 2 aliphatic rings. The van der Waals surface area contributed by atoms with Crippen LogP contribution in [0.2, 0.25) is 0 Å². The van der Waals surface area contributed by atoms with Gasteiger partial charge in [-0.1, -0.05) is 30.3 Å². The van der Waals surface area contributed by atoms with E-state index in [0.29, 0.717) is 24.1 Å². The van der Waals surface area contributed by atoms with Crippen molar-refractivity contribution in [2.45, 2.75) is 31.0 Å². The van der Waals surface area contributed by atoms with E-state index in [0.717, 1.165) is 51.9 Å². The summed E-state index contributed by atoms with van der Waals surface area (Å²) in [7, 11) is 0. The Morgan fingerprint density at radius 2 is 1.82 bits per heavy atom. The summed E-state index contributed by atoms with van der Waals surface area (Å²) >= 11 is 0. The lowest BCUT2D eigenvalue weighted by molar-refractivity contribution is -0.115. The van der Waals surface area contributed by atoms with Gasteiger partial charge in [0.05, 0.1) is 24.3 Å². The molecular weight excluding hydrogens is 500 g/mol. The monoisotopic (exact) mass is 530 g/mol. The molecule has 2 fully saturated rings. The second-order valence-corrected chi connectivity index (χ2v) is 10.5. The number of aromatic nitrogens is 4. The second kappa shape index (κ2) is 10.6. The zero-order chi connectivity index (χ0) is 26.9. The maximum absolute atomic E-state index is 12.6. The van der Waals surface area contributed by atoms with Crippen LogP contribution < -0.4 is 21.5 Å². The number of benzene rings is 1. The first-order chi connectivity index (χ1) is 19.7. The number of fused-ring (bicyclic) bond motifs is 2. The van der Waals surface area contributed by atoms with Crippen LogP contribution in [0.3, 0.4) is 0 Å². The largest absolute Gasteiger partial charge is 0.342 e. The Morgan fingerprint density at radius 1 is 0.950 bits per heavy atom. The van der Waals surface area contributed by atoms with Crippen molar-refractivity contribution in [3.05, 3.63) is 108 Å². The third kappa shape index (κ3) is 4.86. The fraction of sp³-hybridized carbons (Fsp3) is 0.226. The first-order valence-electron chi connectivity index (χ1n) is 13.6. The maximum Gasteiger partial charge on any atom is 0.228 e. The second-order valence-electron chi connectivity index (χ2n) is 10.5. The summed E-state index contributed by atoms with van der Waals surface area (Å²) < 4.78 is 0. The van der Waals surface area contributed by atoms with Crippen LogP contribution in [0, 0.1) is 5.92 Å². The summed E-state index contributed by atoms with van der Waals surface area (Å²) in [5.74, 6) is 0.296. The number of nitrogens with zero attached hydrogens (tertiary/aromatic N) is 3. The minimum Gasteiger partial charge on any atom is -0.342 e. The number of pyridine rings is 3. The van der Waals surface area contributed by atoms with Gasteiger partial charge in [0.2, 0.25) is 5.91 Å². The van der Waals surface area contributed by atoms with Crippen molar-refractivity contribution in [2.75, 3.05) is 11.9 Å². The molecule has 0 aliphatic carbocycles. The molecular formula is C31H30N8O. The Hall–Kier alpha value is -4.44. The number of carbonyl (C=O) groups is 1. The van der Waals surface area contributed by atoms with Crippen molar-refractivity contribution < 1.29 is 4.79 Å². The summed E-state index contributed by atoms with van der Waals surface area (Å²) in [4.78, 5) is 29.4. The molecule has 0 bridgehead atoms. The molecule has 5 aromatic rings. The molecule has 5 N–H and O–H groups in total. The highest BCUT2D eigenvalue weighted by molar-refractivity contribution is 5.93. The Morgan fingerprint density at radius 3 is 2.70 bits per heavy atom. The lowest BCUT2D eigenvalue weighted by atomic mass is 9.81. The van der Waals surface area contributed by atoms with E-state index >= 15 is 0 Å². The Bertz CT molecular complexity index is 1640. The maximum atomic E-state index is 12.6. The van der Waals surface area contributed by atoms with E-state index in [1.807, 2.05) is 73.3 Å². The zero-order valence-corrected chi connectivity index (χ0v) is 21.8. The van der Waals surface area contributed by atoms with Crippen molar-refractivity contribution in [1.29, 1.82) is 0 Å². The number of hydrogen-bond donors (Lipinski definition) is 5. The average molecular weight is 531 g/mol. The van der Waals surface area contributed by atoms with E-state index in [1.165, 1.54) is 0 Å². The van der Waals surface area contributed by atoms with Gasteiger partial charge in [-0.15, -0.1) is 0 Å². The molecule has 1 aromatic carbocycles. The highest BCUT2D eigenvalue weighted by Crippen LogP contribution is 2.40. The van der Waals surface area contributed by atoms with Crippen LogP contribution >= 0.6 is 0 Å². The quantitative estimate of drug-likeness (QED) is 0.225. The van der Waals surface area contributed by atoms with Gasteiger partial charge in [-0.05, 0) is 59.0 Å². The molecule has 9 nitrogen and oxygen atoms in total. The van der Waals surface area contributed by atoms with Gasteiger partial charge in [0.1, 0.15) is 5.65 Å². The van der Waals surface area contributed by atoms with Crippen molar-refractivity contribution >= 4 is 22.6 Å². The van der Waals surface area contributed by atoms with E-state index in [1.54, 1.807) is 6.20 Å². The molecule has 0 saturated carbocycles. The van der Waals surface area contributed by atoms with Crippen LogP contribution in [0.1, 0.15) is 35.3 Å². The third-order valence-corrected chi connectivity index (χ3v) is 7.99. The first kappa shape index (κ1) is 24.6. The van der Waals surface area contributed by atoms with E-state index in [-0.39, 0.29) is 18.0 Å². The van der Waals surface area contributed by atoms with Crippen molar-refractivity contribution in [2.24, 2.45) is 5.92 Å². The predicted molar refractivity (Wildman–Crippen MR) is 154 cm³/mol. The number of aromatic amines is 1. The molecule has 4 atom stereocenters. The smallest absolute Gasteiger partial charge is 0.228 e. The minimum absolute atomic E-state index is 0.0513. The van der Waals surface area contributed by atoms with Gasteiger partial charge in [0.15, 0.2) is 0 Å². The molecule has 6 heterocycles. The Labute approximate surface area is 231 Å². The highest BCUT2D eigenvalue weighted by atomic mass is 16.1. The highest BCUT2D eigenvalue weighted by Gasteiger charge is 2.42. The summed E-state index contributed by atoms with van der Waals surface area (Å²) in [6, 6.07) is 20.6. The molecule has 2 aliphatic heterocycles. The number of carbonyl (C=O) groups excluding carboxylic acids is 1. The van der Waals surface area contributed by atoms with Crippen LogP contribution in [0.15, 0.2) is 91.6 Å². The van der Waals surface area contributed by atoms with E-state index in [9.17, 15) is 4.79 Å². The topological polar surface area (TPSA) is 120 Å². The number of piperidine rings is 1.